The molecule has 0 unspecified atom stereocenters. The van der Waals surface area contributed by atoms with Crippen LogP contribution in [0, 0.1) is 0 Å². The molecule has 2 heterocycles. The molecule has 0 fully saturated rings. The Kier molecular flexibility index (Phi) is 4.11. The number of nitrogens with zero attached hydrogens (tertiary/aromatic N) is 1. The monoisotopic (exact) mass is 346 g/mol. The van der Waals surface area contributed by atoms with Gasteiger partial charge in [0.15, 0.2) is 18.2 Å². The number of hydrogen-bond acceptors (Lipinski definition) is 4. The van der Waals surface area contributed by atoms with Gasteiger partial charge in [0, 0.05) is 27.6 Å². The van der Waals surface area contributed by atoms with Gasteiger partial charge < -0.3 is 29.7 Å². The first kappa shape index (κ1) is 15.0. The summed E-state index contributed by atoms with van der Waals surface area (Å²) in [5.41, 5.74) is 7.81. The van der Waals surface area contributed by atoms with Crippen LogP contribution >= 0.6 is 22.9 Å². The molecule has 0 aliphatic carbocycles. The second-order valence-electron chi connectivity index (χ2n) is 4.60. The largest absolute Gasteiger partial charge is 0.421 e. The zero-order valence-electron chi connectivity index (χ0n) is 11.3. The number of halogens is 1. The van der Waals surface area contributed by atoms with E-state index < -0.39 is 0 Å². The second-order valence-corrected chi connectivity index (χ2v) is 6.72. The lowest BCUT2D eigenvalue weighted by Gasteiger charge is -2.03. The summed E-state index contributed by atoms with van der Waals surface area (Å²) in [5.74, 6) is -0.145. The van der Waals surface area contributed by atoms with Gasteiger partial charge in [-0.25, -0.2) is 0 Å². The summed E-state index contributed by atoms with van der Waals surface area (Å²) in [5, 5.41) is 0.584. The average molecular weight is 347 g/mol. The van der Waals surface area contributed by atoms with Gasteiger partial charge in [-0.1, -0.05) is 17.7 Å². The zero-order chi connectivity index (χ0) is 15.7. The summed E-state index contributed by atoms with van der Waals surface area (Å²) in [4.78, 5) is 13.1. The van der Waals surface area contributed by atoms with E-state index in [-0.39, 0.29) is 5.78 Å². The Morgan fingerprint density at radius 3 is 2.41 bits per heavy atom. The Bertz CT molecular complexity index is 829. The Balaban J connectivity index is 2.06. The smallest absolute Gasteiger partial charge is 0.222 e. The van der Waals surface area contributed by atoms with E-state index in [2.05, 4.69) is 0 Å². The molecule has 0 atom stereocenters. The van der Waals surface area contributed by atoms with Crippen molar-refractivity contribution >= 4 is 47.0 Å². The number of thiophene rings is 1. The fourth-order valence-corrected chi connectivity index (χ4v) is 3.61. The molecule has 0 spiro atoms. The fraction of sp³-hybridized carbons (Fsp3) is 0. The van der Waals surface area contributed by atoms with Gasteiger partial charge in [-0.15, -0.1) is 0 Å². The average Bonchev–Trinajstić information content (AvgIpc) is 2.83. The summed E-state index contributed by atoms with van der Waals surface area (Å²) in [7, 11) is 0. The minimum absolute atomic E-state index is 0.145. The standard InChI is InChI=1S/C16H11ClN2OS2/c17-11-6-4-10(5-7-11)14(20)15-12(18)13(16(21)22-15)19-8-2-1-3-9-19/h1-9H,(H2-,18,20,21). The van der Waals surface area contributed by atoms with Crippen molar-refractivity contribution in [2.75, 3.05) is 5.73 Å². The molecular formula is C16H11ClN2OS2. The van der Waals surface area contributed by atoms with Crippen molar-refractivity contribution in [1.82, 2.24) is 0 Å². The maximum Gasteiger partial charge on any atom is 0.222 e. The number of anilines is 1. The highest BCUT2D eigenvalue weighted by molar-refractivity contribution is 7.63. The number of ketones is 1. The Labute approximate surface area is 142 Å². The molecule has 3 nitrogen and oxygen atoms in total. The van der Waals surface area contributed by atoms with E-state index in [0.29, 0.717) is 31.0 Å². The number of benzene rings is 1. The van der Waals surface area contributed by atoms with Crippen LogP contribution < -0.4 is 10.3 Å². The number of pyridine rings is 1. The molecular weight excluding hydrogens is 336 g/mol. The van der Waals surface area contributed by atoms with Crippen LogP contribution in [0.4, 0.5) is 5.69 Å². The Hall–Kier alpha value is -1.95. The number of carbonyl (C=O) groups is 1. The molecule has 0 saturated heterocycles. The Morgan fingerprint density at radius 1 is 1.14 bits per heavy atom. The summed E-state index contributed by atoms with van der Waals surface area (Å²) < 4.78 is 2.42. The van der Waals surface area contributed by atoms with Crippen molar-refractivity contribution in [3.8, 4) is 5.69 Å². The van der Waals surface area contributed by atoms with Crippen LogP contribution in [-0.2, 0) is 12.6 Å². The van der Waals surface area contributed by atoms with Crippen molar-refractivity contribution in [1.29, 1.82) is 0 Å². The summed E-state index contributed by atoms with van der Waals surface area (Å²) in [6.45, 7) is 0. The van der Waals surface area contributed by atoms with E-state index in [0.717, 1.165) is 0 Å². The molecule has 6 heteroatoms. The molecule has 22 heavy (non-hydrogen) atoms. The van der Waals surface area contributed by atoms with Gasteiger partial charge >= 0.3 is 0 Å². The predicted octanol–water partition coefficient (Wildman–Crippen LogP) is 3.40. The van der Waals surface area contributed by atoms with Crippen LogP contribution in [0.1, 0.15) is 15.2 Å². The van der Waals surface area contributed by atoms with Crippen molar-refractivity contribution in [3.63, 3.8) is 0 Å². The first-order valence-corrected chi connectivity index (χ1v) is 8.04. The van der Waals surface area contributed by atoms with Gasteiger partial charge in [0.25, 0.3) is 0 Å². The molecule has 1 aromatic carbocycles. The van der Waals surface area contributed by atoms with E-state index in [9.17, 15) is 4.79 Å². The topological polar surface area (TPSA) is 47.0 Å². The van der Waals surface area contributed by atoms with Crippen LogP contribution in [0.25, 0.3) is 5.69 Å². The first-order chi connectivity index (χ1) is 10.6. The zero-order valence-corrected chi connectivity index (χ0v) is 13.7. The van der Waals surface area contributed by atoms with Crippen molar-refractivity contribution in [3.05, 3.63) is 70.3 Å². The van der Waals surface area contributed by atoms with E-state index in [1.165, 1.54) is 11.3 Å². The Morgan fingerprint density at radius 2 is 1.77 bits per heavy atom. The predicted molar refractivity (Wildman–Crippen MR) is 90.8 cm³/mol. The summed E-state index contributed by atoms with van der Waals surface area (Å²) in [6.07, 6.45) is 3.70. The second kappa shape index (κ2) is 6.04. The molecule has 0 amide bonds. The van der Waals surface area contributed by atoms with Crippen molar-refractivity contribution in [2.24, 2.45) is 0 Å². The number of nitrogen functional groups attached to an aromatic ring is 1. The fourth-order valence-electron chi connectivity index (χ4n) is 2.11. The van der Waals surface area contributed by atoms with E-state index in [1.807, 2.05) is 35.2 Å². The van der Waals surface area contributed by atoms with Crippen molar-refractivity contribution < 1.29 is 9.36 Å². The van der Waals surface area contributed by atoms with Crippen LogP contribution in [-0.4, -0.2) is 5.78 Å². The highest BCUT2D eigenvalue weighted by Gasteiger charge is 2.20. The van der Waals surface area contributed by atoms with Gasteiger partial charge in [0.1, 0.15) is 5.69 Å². The molecule has 0 aliphatic rings. The summed E-state index contributed by atoms with van der Waals surface area (Å²) >= 11 is 12.5. The van der Waals surface area contributed by atoms with Gasteiger partial charge in [-0.05, 0) is 28.5 Å². The van der Waals surface area contributed by atoms with Gasteiger partial charge in [-0.3, -0.25) is 4.79 Å². The molecule has 0 aliphatic heterocycles. The lowest BCUT2D eigenvalue weighted by atomic mass is 10.1. The third-order valence-corrected chi connectivity index (χ3v) is 4.86. The minimum Gasteiger partial charge on any atom is -0.421 e. The molecule has 0 saturated carbocycles. The molecule has 3 aromatic rings. The van der Waals surface area contributed by atoms with E-state index in [4.69, 9.17) is 30.0 Å². The van der Waals surface area contributed by atoms with Crippen molar-refractivity contribution in [2.45, 2.75) is 4.21 Å². The number of aromatic nitrogens is 1. The van der Waals surface area contributed by atoms with Crippen LogP contribution in [0.15, 0.2) is 59.1 Å². The molecule has 110 valence electrons. The quantitative estimate of drug-likeness (QED) is 0.449. The molecule has 2 N–H and O–H groups in total. The normalized spacial score (nSPS) is 10.6. The SMILES string of the molecule is Nc1c(C(=O)c2ccc(Cl)cc2)sc([S-])c1-[n+]1ccccc1. The minimum atomic E-state index is -0.145. The van der Waals surface area contributed by atoms with Gasteiger partial charge in [0.2, 0.25) is 5.69 Å². The number of nitrogens with two attached hydrogens (primary N) is 1. The molecule has 0 radical (unpaired) electrons. The third kappa shape index (κ3) is 2.70. The van der Waals surface area contributed by atoms with Crippen LogP contribution in [0.3, 0.4) is 0 Å². The van der Waals surface area contributed by atoms with Gasteiger partial charge in [0.05, 0.1) is 0 Å². The number of carbonyl (C=O) groups excluding carboxylic acids is 1. The molecule has 0 bridgehead atoms. The van der Waals surface area contributed by atoms with E-state index in [1.54, 1.807) is 24.3 Å². The maximum absolute atomic E-state index is 12.6. The highest BCUT2D eigenvalue weighted by atomic mass is 35.5. The highest BCUT2D eigenvalue weighted by Crippen LogP contribution is 2.33. The van der Waals surface area contributed by atoms with Gasteiger partial charge in [-0.2, -0.15) is 4.57 Å². The van der Waals surface area contributed by atoms with Crippen LogP contribution in [0.5, 0.6) is 0 Å². The molecule has 3 rings (SSSR count). The summed E-state index contributed by atoms with van der Waals surface area (Å²) in [6, 6.07) is 12.4. The maximum atomic E-state index is 12.6. The first-order valence-electron chi connectivity index (χ1n) is 6.44. The third-order valence-electron chi connectivity index (χ3n) is 3.17. The lowest BCUT2D eigenvalue weighted by Crippen LogP contribution is -2.30. The number of rotatable bonds is 3. The van der Waals surface area contributed by atoms with Crippen LogP contribution in [0.2, 0.25) is 5.02 Å². The molecule has 2 aromatic heterocycles. The van der Waals surface area contributed by atoms with E-state index >= 15 is 0 Å². The lowest BCUT2D eigenvalue weighted by molar-refractivity contribution is -0.596. The number of hydrogen-bond donors (Lipinski definition) is 1.